The fourth-order valence-electron chi connectivity index (χ4n) is 3.98. The van der Waals surface area contributed by atoms with Gasteiger partial charge in [0.05, 0.1) is 19.8 Å². The molecule has 1 saturated carbocycles. The van der Waals surface area contributed by atoms with Gasteiger partial charge in [0.25, 0.3) is 5.91 Å². The summed E-state index contributed by atoms with van der Waals surface area (Å²) in [6, 6.07) is 16.0. The van der Waals surface area contributed by atoms with Gasteiger partial charge in [0, 0.05) is 31.0 Å². The maximum absolute atomic E-state index is 13.7. The van der Waals surface area contributed by atoms with Gasteiger partial charge < -0.3 is 14.4 Å². The Kier molecular flexibility index (Phi) is 6.74. The van der Waals surface area contributed by atoms with Gasteiger partial charge in [-0.15, -0.1) is 0 Å². The van der Waals surface area contributed by atoms with Crippen LogP contribution in [0.1, 0.15) is 34.3 Å². The molecule has 32 heavy (non-hydrogen) atoms. The van der Waals surface area contributed by atoms with Crippen LogP contribution >= 0.6 is 0 Å². The number of benzene rings is 2. The molecule has 0 radical (unpaired) electrons. The summed E-state index contributed by atoms with van der Waals surface area (Å²) in [5.41, 5.74) is 4.89. The van der Waals surface area contributed by atoms with E-state index in [0.717, 1.165) is 35.2 Å². The molecule has 3 aromatic rings. The lowest BCUT2D eigenvalue weighted by Crippen LogP contribution is -2.35. The van der Waals surface area contributed by atoms with Crippen LogP contribution in [-0.4, -0.2) is 43.1 Å². The van der Waals surface area contributed by atoms with Gasteiger partial charge in [-0.05, 0) is 61.4 Å². The van der Waals surface area contributed by atoms with E-state index in [0.29, 0.717) is 29.5 Å². The van der Waals surface area contributed by atoms with Crippen molar-refractivity contribution >= 4 is 5.91 Å². The zero-order chi connectivity index (χ0) is 22.5. The number of amides is 1. The highest BCUT2D eigenvalue weighted by Gasteiger charge is 2.28. The number of pyridine rings is 1. The van der Waals surface area contributed by atoms with Gasteiger partial charge in [-0.2, -0.15) is 0 Å². The molecule has 0 N–H and O–H groups in total. The van der Waals surface area contributed by atoms with Gasteiger partial charge >= 0.3 is 0 Å². The summed E-state index contributed by atoms with van der Waals surface area (Å²) in [7, 11) is 3.27. The third-order valence-electron chi connectivity index (χ3n) is 5.96. The molecule has 5 nitrogen and oxygen atoms in total. The Labute approximate surface area is 190 Å². The largest absolute Gasteiger partial charge is 0.493 e. The standard InChI is InChI=1S/C27H30N2O3/c1-19-5-4-6-22(15-19)24-17-28-13-11-23(24)27(30)29(18-21-7-8-21)14-12-20-9-10-25(31-2)26(16-20)32-3/h4-6,9-11,13,15-17,21H,7-8,12,14,18H2,1-3H3. The highest BCUT2D eigenvalue weighted by atomic mass is 16.5. The normalized spacial score (nSPS) is 13.0. The minimum Gasteiger partial charge on any atom is -0.493 e. The van der Waals surface area contributed by atoms with Gasteiger partial charge in [-0.3, -0.25) is 9.78 Å². The van der Waals surface area contributed by atoms with E-state index in [4.69, 9.17) is 9.47 Å². The number of carbonyl (C=O) groups excluding carboxylic acids is 1. The number of aryl methyl sites for hydroxylation is 1. The molecule has 0 bridgehead atoms. The van der Waals surface area contributed by atoms with Crippen molar-refractivity contribution in [3.05, 3.63) is 77.6 Å². The molecule has 1 amide bonds. The Morgan fingerprint density at radius 2 is 1.88 bits per heavy atom. The first-order chi connectivity index (χ1) is 15.6. The Bertz CT molecular complexity index is 1090. The van der Waals surface area contributed by atoms with Gasteiger partial charge in [0.1, 0.15) is 0 Å². The molecule has 0 atom stereocenters. The van der Waals surface area contributed by atoms with E-state index in [9.17, 15) is 4.79 Å². The summed E-state index contributed by atoms with van der Waals surface area (Å²) in [5.74, 6) is 2.09. The van der Waals surface area contributed by atoms with Crippen LogP contribution in [0.25, 0.3) is 11.1 Å². The molecule has 0 aliphatic heterocycles. The Balaban J connectivity index is 1.57. The lowest BCUT2D eigenvalue weighted by Gasteiger charge is -2.24. The van der Waals surface area contributed by atoms with Gasteiger partial charge in [-0.1, -0.05) is 35.9 Å². The molecular formula is C27H30N2O3. The second-order valence-corrected chi connectivity index (χ2v) is 8.42. The number of rotatable bonds is 9. The van der Waals surface area contributed by atoms with Crippen molar-refractivity contribution in [1.29, 1.82) is 0 Å². The third kappa shape index (κ3) is 5.10. The molecule has 1 aromatic heterocycles. The maximum atomic E-state index is 13.7. The van der Waals surface area contributed by atoms with Crippen molar-refractivity contribution in [2.24, 2.45) is 5.92 Å². The molecule has 0 saturated heterocycles. The number of aromatic nitrogens is 1. The SMILES string of the molecule is COc1ccc(CCN(CC2CC2)C(=O)c2ccncc2-c2cccc(C)c2)cc1OC. The van der Waals surface area contributed by atoms with E-state index in [1.54, 1.807) is 26.6 Å². The minimum absolute atomic E-state index is 0.0660. The molecule has 166 valence electrons. The van der Waals surface area contributed by atoms with Crippen LogP contribution in [0.4, 0.5) is 0 Å². The third-order valence-corrected chi connectivity index (χ3v) is 5.96. The molecule has 0 unspecified atom stereocenters. The van der Waals surface area contributed by atoms with Crippen molar-refractivity contribution < 1.29 is 14.3 Å². The highest BCUT2D eigenvalue weighted by Crippen LogP contribution is 2.32. The number of ether oxygens (including phenoxy) is 2. The van der Waals surface area contributed by atoms with Gasteiger partial charge in [-0.25, -0.2) is 0 Å². The summed E-state index contributed by atoms with van der Waals surface area (Å²) < 4.78 is 10.8. The average Bonchev–Trinajstić information content (AvgIpc) is 3.65. The molecule has 1 fully saturated rings. The van der Waals surface area contributed by atoms with Gasteiger partial charge in [0.2, 0.25) is 0 Å². The van der Waals surface area contributed by atoms with Crippen LogP contribution in [-0.2, 0) is 6.42 Å². The Hall–Kier alpha value is -3.34. The lowest BCUT2D eigenvalue weighted by molar-refractivity contribution is 0.0750. The summed E-state index contributed by atoms with van der Waals surface area (Å²) in [6.07, 6.45) is 6.65. The van der Waals surface area contributed by atoms with E-state index in [2.05, 4.69) is 24.0 Å². The number of carbonyl (C=O) groups is 1. The van der Waals surface area contributed by atoms with Crippen LogP contribution in [0, 0.1) is 12.8 Å². The number of nitrogens with zero attached hydrogens (tertiary/aromatic N) is 2. The summed E-state index contributed by atoms with van der Waals surface area (Å²) in [5, 5.41) is 0. The first kappa shape index (κ1) is 21.9. The van der Waals surface area contributed by atoms with Crippen LogP contribution < -0.4 is 9.47 Å². The van der Waals surface area contributed by atoms with E-state index < -0.39 is 0 Å². The van der Waals surface area contributed by atoms with Crippen molar-refractivity contribution in [3.8, 4) is 22.6 Å². The molecule has 5 heteroatoms. The molecule has 0 spiro atoms. The predicted octanol–water partition coefficient (Wildman–Crippen LogP) is 5.17. The zero-order valence-electron chi connectivity index (χ0n) is 19.0. The van der Waals surface area contributed by atoms with E-state index in [1.807, 2.05) is 41.3 Å². The number of hydrogen-bond donors (Lipinski definition) is 0. The van der Waals surface area contributed by atoms with Gasteiger partial charge in [0.15, 0.2) is 11.5 Å². The molecule has 1 aliphatic rings. The van der Waals surface area contributed by atoms with Crippen molar-refractivity contribution in [1.82, 2.24) is 9.88 Å². The second-order valence-electron chi connectivity index (χ2n) is 8.42. The van der Waals surface area contributed by atoms with E-state index >= 15 is 0 Å². The van der Waals surface area contributed by atoms with Crippen molar-refractivity contribution in [2.45, 2.75) is 26.2 Å². The average molecular weight is 431 g/mol. The fraction of sp³-hybridized carbons (Fsp3) is 0.333. The van der Waals surface area contributed by atoms with Crippen LogP contribution in [0.15, 0.2) is 60.9 Å². The van der Waals surface area contributed by atoms with E-state index in [-0.39, 0.29) is 5.91 Å². The first-order valence-corrected chi connectivity index (χ1v) is 11.1. The monoisotopic (exact) mass is 430 g/mol. The summed E-state index contributed by atoms with van der Waals surface area (Å²) in [4.78, 5) is 20.0. The van der Waals surface area contributed by atoms with Crippen molar-refractivity contribution in [2.75, 3.05) is 27.3 Å². The lowest BCUT2D eigenvalue weighted by atomic mass is 9.99. The summed E-state index contributed by atoms with van der Waals surface area (Å²) >= 11 is 0. The number of methoxy groups -OCH3 is 2. The maximum Gasteiger partial charge on any atom is 0.254 e. The molecule has 4 rings (SSSR count). The second kappa shape index (κ2) is 9.86. The predicted molar refractivity (Wildman–Crippen MR) is 126 cm³/mol. The fourth-order valence-corrected chi connectivity index (χ4v) is 3.98. The Morgan fingerprint density at radius 1 is 1.06 bits per heavy atom. The van der Waals surface area contributed by atoms with Crippen LogP contribution in [0.2, 0.25) is 0 Å². The van der Waals surface area contributed by atoms with Crippen molar-refractivity contribution in [3.63, 3.8) is 0 Å². The quantitative estimate of drug-likeness (QED) is 0.470. The molecular weight excluding hydrogens is 400 g/mol. The smallest absolute Gasteiger partial charge is 0.254 e. The minimum atomic E-state index is 0.0660. The first-order valence-electron chi connectivity index (χ1n) is 11.1. The number of hydrogen-bond acceptors (Lipinski definition) is 4. The summed E-state index contributed by atoms with van der Waals surface area (Å²) in [6.45, 7) is 3.51. The molecule has 1 aliphatic carbocycles. The van der Waals surface area contributed by atoms with Crippen LogP contribution in [0.5, 0.6) is 11.5 Å². The topological polar surface area (TPSA) is 51.7 Å². The highest BCUT2D eigenvalue weighted by molar-refractivity contribution is 6.00. The van der Waals surface area contributed by atoms with E-state index in [1.165, 1.54) is 12.8 Å². The molecule has 1 heterocycles. The molecule has 2 aromatic carbocycles. The van der Waals surface area contributed by atoms with Crippen LogP contribution in [0.3, 0.4) is 0 Å². The Morgan fingerprint density at radius 3 is 2.59 bits per heavy atom. The zero-order valence-corrected chi connectivity index (χ0v) is 19.0.